The average molecular weight is 936 g/mol. The second-order valence-corrected chi connectivity index (χ2v) is 17.9. The van der Waals surface area contributed by atoms with E-state index in [1.165, 1.54) is 70.6 Å². The number of rotatable bonds is 43. The summed E-state index contributed by atoms with van der Waals surface area (Å²) in [6.45, 7) is 3.63. The molecule has 382 valence electrons. The molecule has 1 aliphatic rings. The maximum atomic E-state index is 13.0. The van der Waals surface area contributed by atoms with Crippen molar-refractivity contribution in [1.29, 1.82) is 0 Å². The van der Waals surface area contributed by atoms with Crippen molar-refractivity contribution >= 4 is 5.91 Å². The van der Waals surface area contributed by atoms with Crippen LogP contribution in [0.1, 0.15) is 194 Å². The zero-order valence-electron chi connectivity index (χ0n) is 42.1. The molecule has 1 fully saturated rings. The van der Waals surface area contributed by atoms with Crippen molar-refractivity contribution in [3.63, 3.8) is 0 Å². The first-order valence-corrected chi connectivity index (χ1v) is 26.6. The van der Waals surface area contributed by atoms with Crippen molar-refractivity contribution in [2.24, 2.45) is 0 Å². The maximum Gasteiger partial charge on any atom is 0.220 e. The Balaban J connectivity index is 2.30. The first-order valence-electron chi connectivity index (χ1n) is 26.6. The van der Waals surface area contributed by atoms with Crippen LogP contribution in [-0.4, -0.2) is 87.5 Å². The van der Waals surface area contributed by atoms with Crippen molar-refractivity contribution in [1.82, 2.24) is 5.32 Å². The Kier molecular flexibility index (Phi) is 43.0. The number of ether oxygens (including phenoxy) is 2. The standard InChI is InChI=1S/C58H97NO8/c1-3-5-7-9-11-13-15-17-19-20-21-22-23-24-25-26-27-28-29-30-31-32-34-36-38-40-42-44-46-48-54(62)59-51(50-66-58-57(65)56(64)55(63)53(49-60)67-58)52(61)47-45-43-41-39-37-35-33-18-16-14-12-10-8-6-4-2/h5,7,11,13,17,19,21-22,24-25,27-28,30-31,34,36,45,47,51-53,55-58,60-61,63-65H,3-4,6,8-10,12,14-16,18,20,23,26,29,32-33,35,37-44,46,48-50H2,1-2H3,(H,59,62)/b7-5-,13-11-,19-17-,22-21-,25-24-,28-27-,31-30-,36-34-,47-45+. The zero-order valence-corrected chi connectivity index (χ0v) is 42.1. The number of amides is 1. The molecule has 1 heterocycles. The number of aliphatic hydroxyl groups excluding tert-OH is 5. The number of carbonyl (C=O) groups excluding carboxylic acids is 1. The number of unbranched alkanes of at least 4 members (excludes halogenated alkanes) is 17. The molecule has 0 saturated carbocycles. The minimum absolute atomic E-state index is 0.206. The lowest BCUT2D eigenvalue weighted by atomic mass is 9.99. The predicted octanol–water partition coefficient (Wildman–Crippen LogP) is 12.6. The van der Waals surface area contributed by atoms with Gasteiger partial charge in [-0.05, 0) is 83.5 Å². The smallest absolute Gasteiger partial charge is 0.220 e. The van der Waals surface area contributed by atoms with Crippen LogP contribution in [0.4, 0.5) is 0 Å². The van der Waals surface area contributed by atoms with Crippen LogP contribution in [-0.2, 0) is 14.3 Å². The highest BCUT2D eigenvalue weighted by molar-refractivity contribution is 5.76. The maximum absolute atomic E-state index is 13.0. The number of hydrogen-bond acceptors (Lipinski definition) is 8. The SMILES string of the molecule is CC/C=C\C/C=C\C/C=C\C/C=C\C/C=C\C/C=C\C/C=C\C/C=C\CCCCCCC(=O)NC(COC1OC(CO)C(O)C(O)C1O)C(O)/C=C/CCCCCCCCCCCCCCC. The minimum atomic E-state index is -1.58. The zero-order chi connectivity index (χ0) is 48.7. The molecule has 1 rings (SSSR count). The van der Waals surface area contributed by atoms with Gasteiger partial charge in [0.2, 0.25) is 5.91 Å². The number of aliphatic hydroxyl groups is 5. The van der Waals surface area contributed by atoms with Crippen LogP contribution >= 0.6 is 0 Å². The molecule has 0 bridgehead atoms. The third kappa shape index (κ3) is 36.5. The highest BCUT2D eigenvalue weighted by Crippen LogP contribution is 2.22. The van der Waals surface area contributed by atoms with E-state index in [1.807, 2.05) is 6.08 Å². The molecule has 1 amide bonds. The number of nitrogens with one attached hydrogen (secondary N) is 1. The van der Waals surface area contributed by atoms with Crippen LogP contribution < -0.4 is 5.32 Å². The van der Waals surface area contributed by atoms with Crippen molar-refractivity contribution in [2.45, 2.75) is 236 Å². The van der Waals surface area contributed by atoms with Crippen LogP contribution in [0, 0.1) is 0 Å². The molecule has 0 aromatic rings. The topological polar surface area (TPSA) is 149 Å². The number of hydrogen-bond donors (Lipinski definition) is 6. The molecule has 1 aliphatic heterocycles. The Morgan fingerprint density at radius 1 is 0.522 bits per heavy atom. The van der Waals surface area contributed by atoms with E-state index in [1.54, 1.807) is 6.08 Å². The molecule has 7 unspecified atom stereocenters. The monoisotopic (exact) mass is 936 g/mol. The van der Waals surface area contributed by atoms with E-state index in [0.29, 0.717) is 6.42 Å². The molecule has 67 heavy (non-hydrogen) atoms. The molecule has 6 N–H and O–H groups in total. The normalized spacial score (nSPS) is 20.6. The van der Waals surface area contributed by atoms with Gasteiger partial charge in [-0.2, -0.15) is 0 Å². The van der Waals surface area contributed by atoms with Crippen LogP contribution in [0.2, 0.25) is 0 Å². The predicted molar refractivity (Wildman–Crippen MR) is 281 cm³/mol. The third-order valence-electron chi connectivity index (χ3n) is 11.9. The molecule has 9 heteroatoms. The Morgan fingerprint density at radius 3 is 1.37 bits per heavy atom. The van der Waals surface area contributed by atoms with Gasteiger partial charge in [0.15, 0.2) is 6.29 Å². The van der Waals surface area contributed by atoms with Crippen LogP contribution in [0.25, 0.3) is 0 Å². The van der Waals surface area contributed by atoms with Gasteiger partial charge >= 0.3 is 0 Å². The van der Waals surface area contributed by atoms with Gasteiger partial charge in [-0.15, -0.1) is 0 Å². The lowest BCUT2D eigenvalue weighted by Gasteiger charge is -2.40. The Labute approximate surface area is 408 Å². The van der Waals surface area contributed by atoms with Gasteiger partial charge in [-0.1, -0.05) is 213 Å². The van der Waals surface area contributed by atoms with Crippen molar-refractivity contribution < 1.29 is 39.8 Å². The highest BCUT2D eigenvalue weighted by Gasteiger charge is 2.44. The first kappa shape index (κ1) is 61.9. The largest absolute Gasteiger partial charge is 0.394 e. The van der Waals surface area contributed by atoms with E-state index in [0.717, 1.165) is 103 Å². The summed E-state index contributed by atoms with van der Waals surface area (Å²) in [7, 11) is 0. The second kappa shape index (κ2) is 46.6. The van der Waals surface area contributed by atoms with Gasteiger partial charge in [0.25, 0.3) is 0 Å². The van der Waals surface area contributed by atoms with Crippen molar-refractivity contribution in [2.75, 3.05) is 13.2 Å². The summed E-state index contributed by atoms with van der Waals surface area (Å²) in [4.78, 5) is 13.0. The molecular formula is C58H97NO8. The molecule has 0 aliphatic carbocycles. The van der Waals surface area contributed by atoms with Crippen molar-refractivity contribution in [3.8, 4) is 0 Å². The Morgan fingerprint density at radius 2 is 0.925 bits per heavy atom. The third-order valence-corrected chi connectivity index (χ3v) is 11.9. The minimum Gasteiger partial charge on any atom is -0.394 e. The molecule has 0 spiro atoms. The summed E-state index contributed by atoms with van der Waals surface area (Å²) in [5, 5.41) is 54.3. The molecule has 0 aromatic heterocycles. The van der Waals surface area contributed by atoms with Crippen LogP contribution in [0.5, 0.6) is 0 Å². The van der Waals surface area contributed by atoms with Gasteiger partial charge in [0.05, 0.1) is 25.4 Å². The van der Waals surface area contributed by atoms with E-state index >= 15 is 0 Å². The molecule has 0 radical (unpaired) electrons. The molecule has 7 atom stereocenters. The van der Waals surface area contributed by atoms with E-state index in [-0.39, 0.29) is 12.5 Å². The Hall–Kier alpha value is -3.15. The van der Waals surface area contributed by atoms with E-state index in [2.05, 4.69) is 116 Å². The summed E-state index contributed by atoms with van der Waals surface area (Å²) in [5.41, 5.74) is 0. The number of allylic oxidation sites excluding steroid dienone is 17. The fraction of sp³-hybridized carbons (Fsp3) is 0.672. The summed E-state index contributed by atoms with van der Waals surface area (Å²) in [5.74, 6) is -0.206. The fourth-order valence-corrected chi connectivity index (χ4v) is 7.64. The fourth-order valence-electron chi connectivity index (χ4n) is 7.64. The van der Waals surface area contributed by atoms with Crippen LogP contribution in [0.15, 0.2) is 109 Å². The summed E-state index contributed by atoms with van der Waals surface area (Å²) in [6, 6.07) is -0.826. The van der Waals surface area contributed by atoms with E-state index in [4.69, 9.17) is 9.47 Å². The molecule has 9 nitrogen and oxygen atoms in total. The van der Waals surface area contributed by atoms with Crippen LogP contribution in [0.3, 0.4) is 0 Å². The van der Waals surface area contributed by atoms with Gasteiger partial charge in [-0.3, -0.25) is 4.79 Å². The number of carbonyl (C=O) groups is 1. The lowest BCUT2D eigenvalue weighted by Crippen LogP contribution is -2.60. The summed E-state index contributed by atoms with van der Waals surface area (Å²) in [6.07, 6.45) is 61.3. The quantitative estimate of drug-likeness (QED) is 0.0261. The lowest BCUT2D eigenvalue weighted by molar-refractivity contribution is -0.302. The summed E-state index contributed by atoms with van der Waals surface area (Å²) < 4.78 is 11.2. The van der Waals surface area contributed by atoms with Gasteiger partial charge in [0.1, 0.15) is 24.4 Å². The summed E-state index contributed by atoms with van der Waals surface area (Å²) >= 11 is 0. The van der Waals surface area contributed by atoms with Crippen molar-refractivity contribution in [3.05, 3.63) is 109 Å². The average Bonchev–Trinajstić information content (AvgIpc) is 3.33. The van der Waals surface area contributed by atoms with E-state index in [9.17, 15) is 30.3 Å². The molecule has 1 saturated heterocycles. The first-order chi connectivity index (χ1) is 32.8. The molecule has 0 aromatic carbocycles. The van der Waals surface area contributed by atoms with E-state index < -0.39 is 49.5 Å². The van der Waals surface area contributed by atoms with Gasteiger partial charge in [-0.25, -0.2) is 0 Å². The highest BCUT2D eigenvalue weighted by atomic mass is 16.7. The molecular weight excluding hydrogens is 839 g/mol. The van der Waals surface area contributed by atoms with Gasteiger partial charge in [0, 0.05) is 6.42 Å². The second-order valence-electron chi connectivity index (χ2n) is 17.9. The van der Waals surface area contributed by atoms with Gasteiger partial charge < -0.3 is 40.3 Å². The Bertz CT molecular complexity index is 1410.